The summed E-state index contributed by atoms with van der Waals surface area (Å²) in [6, 6.07) is 15.3. The molecule has 0 aliphatic carbocycles. The minimum absolute atomic E-state index is 0.0791. The van der Waals surface area contributed by atoms with Gasteiger partial charge in [-0.05, 0) is 29.7 Å². The Morgan fingerprint density at radius 3 is 2.54 bits per heavy atom. The summed E-state index contributed by atoms with van der Waals surface area (Å²) in [6.45, 7) is 4.85. The first-order valence-electron chi connectivity index (χ1n) is 9.48. The monoisotopic (exact) mass is 382 g/mol. The third-order valence-electron chi connectivity index (χ3n) is 4.92. The fourth-order valence-corrected chi connectivity index (χ4v) is 3.32. The number of nitrogens with one attached hydrogen (secondary N) is 1. The second kappa shape index (κ2) is 9.37. The maximum atomic E-state index is 12.6. The van der Waals surface area contributed by atoms with Gasteiger partial charge in [0.15, 0.2) is 0 Å². The summed E-state index contributed by atoms with van der Waals surface area (Å²) < 4.78 is 10.3. The number of hydrogen-bond acceptors (Lipinski definition) is 5. The largest absolute Gasteiger partial charge is 0.465 e. The average Bonchev–Trinajstić information content (AvgIpc) is 2.74. The average molecular weight is 382 g/mol. The van der Waals surface area contributed by atoms with E-state index in [1.807, 2.05) is 43.3 Å². The van der Waals surface area contributed by atoms with Crippen molar-refractivity contribution in [1.29, 1.82) is 0 Å². The molecule has 1 fully saturated rings. The van der Waals surface area contributed by atoms with Crippen LogP contribution in [0.2, 0.25) is 0 Å². The molecule has 6 nitrogen and oxygen atoms in total. The zero-order chi connectivity index (χ0) is 19.9. The minimum Gasteiger partial charge on any atom is -0.465 e. The quantitative estimate of drug-likeness (QED) is 0.775. The Balaban J connectivity index is 1.74. The van der Waals surface area contributed by atoms with Crippen molar-refractivity contribution >= 4 is 23.3 Å². The van der Waals surface area contributed by atoms with E-state index in [0.29, 0.717) is 30.9 Å². The van der Waals surface area contributed by atoms with E-state index in [4.69, 9.17) is 9.47 Å². The number of esters is 1. The summed E-state index contributed by atoms with van der Waals surface area (Å²) in [6.07, 6.45) is 0.329. The normalized spacial score (nSPS) is 15.0. The van der Waals surface area contributed by atoms with Crippen molar-refractivity contribution in [2.45, 2.75) is 19.3 Å². The number of anilines is 2. The molecule has 2 aromatic carbocycles. The molecule has 0 bridgehead atoms. The van der Waals surface area contributed by atoms with Gasteiger partial charge in [-0.2, -0.15) is 0 Å². The first-order chi connectivity index (χ1) is 13.6. The molecule has 28 heavy (non-hydrogen) atoms. The number of rotatable bonds is 6. The zero-order valence-electron chi connectivity index (χ0n) is 16.3. The predicted octanol–water partition coefficient (Wildman–Crippen LogP) is 3.44. The molecular weight excluding hydrogens is 356 g/mol. The lowest BCUT2D eigenvalue weighted by atomic mass is 9.97. The highest BCUT2D eigenvalue weighted by Crippen LogP contribution is 2.26. The lowest BCUT2D eigenvalue weighted by molar-refractivity contribution is -0.116. The number of carbonyl (C=O) groups is 2. The number of methoxy groups -OCH3 is 1. The van der Waals surface area contributed by atoms with Crippen LogP contribution in [-0.2, 0) is 14.3 Å². The van der Waals surface area contributed by atoms with Crippen LogP contribution in [0.5, 0.6) is 0 Å². The molecule has 6 heteroatoms. The predicted molar refractivity (Wildman–Crippen MR) is 109 cm³/mol. The van der Waals surface area contributed by atoms with E-state index in [2.05, 4.69) is 10.2 Å². The highest BCUT2D eigenvalue weighted by Gasteiger charge is 2.19. The van der Waals surface area contributed by atoms with Crippen LogP contribution in [0.4, 0.5) is 11.4 Å². The SMILES string of the molecule is COC(=O)c1cc(N2CCOCC2)ccc1NC(=O)CC(C)c1ccccc1. The summed E-state index contributed by atoms with van der Waals surface area (Å²) in [5, 5.41) is 2.87. The van der Waals surface area contributed by atoms with E-state index in [0.717, 1.165) is 24.3 Å². The van der Waals surface area contributed by atoms with E-state index < -0.39 is 5.97 Å². The number of benzene rings is 2. The van der Waals surface area contributed by atoms with Gasteiger partial charge in [0.1, 0.15) is 0 Å². The van der Waals surface area contributed by atoms with Crippen LogP contribution in [-0.4, -0.2) is 45.3 Å². The van der Waals surface area contributed by atoms with Crippen LogP contribution < -0.4 is 10.2 Å². The molecule has 0 spiro atoms. The molecule has 2 aromatic rings. The van der Waals surface area contributed by atoms with Crippen LogP contribution in [0.1, 0.15) is 35.2 Å². The second-order valence-corrected chi connectivity index (χ2v) is 6.88. The highest BCUT2D eigenvalue weighted by molar-refractivity contribution is 6.02. The van der Waals surface area contributed by atoms with Crippen molar-refractivity contribution in [2.24, 2.45) is 0 Å². The first-order valence-corrected chi connectivity index (χ1v) is 9.48. The molecular formula is C22H26N2O4. The van der Waals surface area contributed by atoms with Gasteiger partial charge in [-0.15, -0.1) is 0 Å². The lowest BCUT2D eigenvalue weighted by Gasteiger charge is -2.29. The number of ether oxygens (including phenoxy) is 2. The molecule has 0 aromatic heterocycles. The van der Waals surface area contributed by atoms with Gasteiger partial charge in [-0.1, -0.05) is 37.3 Å². The van der Waals surface area contributed by atoms with Gasteiger partial charge in [0, 0.05) is 25.2 Å². The molecule has 148 valence electrons. The molecule has 1 aliphatic heterocycles. The van der Waals surface area contributed by atoms with E-state index >= 15 is 0 Å². The number of carbonyl (C=O) groups excluding carboxylic acids is 2. The minimum atomic E-state index is -0.471. The van der Waals surface area contributed by atoms with E-state index in [1.54, 1.807) is 12.1 Å². The molecule has 1 N–H and O–H groups in total. The topological polar surface area (TPSA) is 67.9 Å². The smallest absolute Gasteiger partial charge is 0.340 e. The molecule has 0 saturated carbocycles. The van der Waals surface area contributed by atoms with Crippen LogP contribution in [0.25, 0.3) is 0 Å². The van der Waals surface area contributed by atoms with Crippen molar-refractivity contribution in [1.82, 2.24) is 0 Å². The Hall–Kier alpha value is -2.86. The molecule has 1 atom stereocenters. The van der Waals surface area contributed by atoms with Crippen molar-refractivity contribution in [2.75, 3.05) is 43.6 Å². The zero-order valence-corrected chi connectivity index (χ0v) is 16.3. The van der Waals surface area contributed by atoms with Crippen LogP contribution >= 0.6 is 0 Å². The summed E-state index contributed by atoms with van der Waals surface area (Å²) >= 11 is 0. The number of hydrogen-bond donors (Lipinski definition) is 1. The Morgan fingerprint density at radius 1 is 1.14 bits per heavy atom. The third kappa shape index (κ3) is 4.89. The maximum Gasteiger partial charge on any atom is 0.340 e. The summed E-state index contributed by atoms with van der Waals surface area (Å²) in [4.78, 5) is 27.0. The fraction of sp³-hybridized carbons (Fsp3) is 0.364. The van der Waals surface area contributed by atoms with Gasteiger partial charge < -0.3 is 19.7 Å². The molecule has 1 saturated heterocycles. The molecule has 3 rings (SSSR count). The van der Waals surface area contributed by atoms with Crippen molar-refractivity contribution in [3.8, 4) is 0 Å². The van der Waals surface area contributed by atoms with E-state index in [9.17, 15) is 9.59 Å². The Kier molecular flexibility index (Phi) is 6.66. The van der Waals surface area contributed by atoms with Gasteiger partial charge in [-0.25, -0.2) is 4.79 Å². The Bertz CT molecular complexity index is 817. The maximum absolute atomic E-state index is 12.6. The number of amides is 1. The van der Waals surface area contributed by atoms with E-state index in [-0.39, 0.29) is 11.8 Å². The van der Waals surface area contributed by atoms with Gasteiger partial charge in [0.2, 0.25) is 5.91 Å². The summed E-state index contributed by atoms with van der Waals surface area (Å²) in [5.41, 5.74) is 2.84. The summed E-state index contributed by atoms with van der Waals surface area (Å²) in [7, 11) is 1.34. The van der Waals surface area contributed by atoms with Gasteiger partial charge >= 0.3 is 5.97 Å². The highest BCUT2D eigenvalue weighted by atomic mass is 16.5. The summed E-state index contributed by atoms with van der Waals surface area (Å²) in [5.74, 6) is -0.530. The van der Waals surface area contributed by atoms with Crippen molar-refractivity contribution in [3.63, 3.8) is 0 Å². The van der Waals surface area contributed by atoms with Crippen molar-refractivity contribution < 1.29 is 19.1 Å². The molecule has 0 radical (unpaired) electrons. The van der Waals surface area contributed by atoms with Crippen molar-refractivity contribution in [3.05, 3.63) is 59.7 Å². The lowest BCUT2D eigenvalue weighted by Crippen LogP contribution is -2.36. The van der Waals surface area contributed by atoms with Crippen LogP contribution in [0.3, 0.4) is 0 Å². The number of morpholine rings is 1. The van der Waals surface area contributed by atoms with Crippen LogP contribution in [0.15, 0.2) is 48.5 Å². The van der Waals surface area contributed by atoms with Crippen LogP contribution in [0, 0.1) is 0 Å². The molecule has 1 amide bonds. The van der Waals surface area contributed by atoms with Gasteiger partial charge in [-0.3, -0.25) is 4.79 Å². The Morgan fingerprint density at radius 2 is 1.86 bits per heavy atom. The van der Waals surface area contributed by atoms with Gasteiger partial charge in [0.25, 0.3) is 0 Å². The first kappa shape index (κ1) is 19.9. The molecule has 1 unspecified atom stereocenters. The standard InChI is InChI=1S/C22H26N2O4/c1-16(17-6-4-3-5-7-17)14-21(25)23-20-9-8-18(15-19(20)22(26)27-2)24-10-12-28-13-11-24/h3-9,15-16H,10-14H2,1-2H3,(H,23,25). The van der Waals surface area contributed by atoms with Gasteiger partial charge in [0.05, 0.1) is 31.6 Å². The second-order valence-electron chi connectivity index (χ2n) is 6.88. The molecule has 1 aliphatic rings. The number of nitrogens with zero attached hydrogens (tertiary/aromatic N) is 1. The fourth-order valence-electron chi connectivity index (χ4n) is 3.32. The Labute approximate surface area is 165 Å². The molecule has 1 heterocycles. The van der Waals surface area contributed by atoms with E-state index in [1.165, 1.54) is 7.11 Å². The third-order valence-corrected chi connectivity index (χ3v) is 4.92.